The summed E-state index contributed by atoms with van der Waals surface area (Å²) in [5.41, 5.74) is 0.332. The molecule has 4 aromatic rings. The quantitative estimate of drug-likeness (QED) is 0.342. The van der Waals surface area contributed by atoms with Crippen LogP contribution in [0.4, 0.5) is 24.7 Å². The average molecular weight is 528 g/mol. The number of hydrogen-bond donors (Lipinski definition) is 1. The molecule has 1 N–H and O–H groups in total. The number of alkyl halides is 3. The zero-order valence-electron chi connectivity index (χ0n) is 19.9. The third-order valence-electron chi connectivity index (χ3n) is 6.49. The molecule has 1 unspecified atom stereocenters. The number of nitrogens with zero attached hydrogens (tertiary/aromatic N) is 4. The Hall–Kier alpha value is -3.57. The number of benzene rings is 2. The Balaban J connectivity index is 1.42. The topological polar surface area (TPSA) is 88.1 Å². The number of piperidine rings is 1. The van der Waals surface area contributed by atoms with Gasteiger partial charge in [-0.1, -0.05) is 12.5 Å². The fourth-order valence-electron chi connectivity index (χ4n) is 4.58. The van der Waals surface area contributed by atoms with Crippen LogP contribution in [-0.4, -0.2) is 40.3 Å². The van der Waals surface area contributed by atoms with Gasteiger partial charge in [0.05, 0.1) is 21.7 Å². The Bertz CT molecular complexity index is 1540. The molecule has 3 heterocycles. The first kappa shape index (κ1) is 25.1. The first-order chi connectivity index (χ1) is 17.6. The van der Waals surface area contributed by atoms with Gasteiger partial charge >= 0.3 is 6.18 Å². The van der Waals surface area contributed by atoms with E-state index in [0.29, 0.717) is 29.0 Å². The minimum Gasteiger partial charge on any atom is -0.340 e. The van der Waals surface area contributed by atoms with E-state index in [4.69, 9.17) is 0 Å². The van der Waals surface area contributed by atoms with Crippen LogP contribution in [0.1, 0.15) is 31.7 Å². The summed E-state index contributed by atoms with van der Waals surface area (Å²) in [6.45, 7) is 2.44. The van der Waals surface area contributed by atoms with Crippen molar-refractivity contribution in [3.8, 4) is 11.3 Å². The van der Waals surface area contributed by atoms with Crippen molar-refractivity contribution in [3.05, 3.63) is 72.7 Å². The molecule has 0 spiro atoms. The van der Waals surface area contributed by atoms with Gasteiger partial charge in [-0.15, -0.1) is 0 Å². The van der Waals surface area contributed by atoms with Crippen molar-refractivity contribution >= 4 is 32.4 Å². The molecule has 1 aliphatic heterocycles. The van der Waals surface area contributed by atoms with E-state index in [1.165, 1.54) is 24.7 Å². The molecule has 0 bridgehead atoms. The summed E-state index contributed by atoms with van der Waals surface area (Å²) in [4.78, 5) is 12.7. The summed E-state index contributed by atoms with van der Waals surface area (Å²) in [6.07, 6.45) is 0.812. The molecule has 0 saturated carbocycles. The summed E-state index contributed by atoms with van der Waals surface area (Å²) < 4.78 is 68.1. The highest BCUT2D eigenvalue weighted by molar-refractivity contribution is 7.89. The van der Waals surface area contributed by atoms with E-state index in [1.807, 2.05) is 6.92 Å². The number of fused-ring (bicyclic) bond motifs is 1. The largest absolute Gasteiger partial charge is 0.418 e. The van der Waals surface area contributed by atoms with Crippen molar-refractivity contribution in [2.45, 2.75) is 43.3 Å². The van der Waals surface area contributed by atoms with Gasteiger partial charge in [-0.25, -0.2) is 18.4 Å². The van der Waals surface area contributed by atoms with E-state index in [-0.39, 0.29) is 22.2 Å². The van der Waals surface area contributed by atoms with Crippen LogP contribution in [0.25, 0.3) is 22.2 Å². The van der Waals surface area contributed by atoms with E-state index in [1.54, 1.807) is 40.7 Å². The second-order valence-corrected chi connectivity index (χ2v) is 10.9. The Morgan fingerprint density at radius 3 is 2.51 bits per heavy atom. The predicted octanol–water partition coefficient (Wildman–Crippen LogP) is 6.02. The Morgan fingerprint density at radius 1 is 1.00 bits per heavy atom. The molecule has 37 heavy (non-hydrogen) atoms. The van der Waals surface area contributed by atoms with Crippen LogP contribution < -0.4 is 5.32 Å². The zero-order chi connectivity index (χ0) is 26.2. The van der Waals surface area contributed by atoms with Crippen LogP contribution in [0, 0.1) is 0 Å². The van der Waals surface area contributed by atoms with Crippen LogP contribution in [0.2, 0.25) is 0 Å². The van der Waals surface area contributed by atoms with Crippen LogP contribution >= 0.6 is 0 Å². The highest BCUT2D eigenvalue weighted by Gasteiger charge is 2.34. The lowest BCUT2D eigenvalue weighted by molar-refractivity contribution is -0.137. The molecule has 5 rings (SSSR count). The van der Waals surface area contributed by atoms with Gasteiger partial charge < -0.3 is 5.32 Å². The second kappa shape index (κ2) is 9.71. The van der Waals surface area contributed by atoms with Crippen molar-refractivity contribution < 1.29 is 21.6 Å². The first-order valence-corrected chi connectivity index (χ1v) is 13.2. The maximum atomic E-state index is 13.5. The molecule has 0 aliphatic carbocycles. The highest BCUT2D eigenvalue weighted by Crippen LogP contribution is 2.37. The number of hydrogen-bond acceptors (Lipinski definition) is 6. The molecular formula is C26H24F3N5O2S. The minimum absolute atomic E-state index is 0.0351. The summed E-state index contributed by atoms with van der Waals surface area (Å²) >= 11 is 0. The van der Waals surface area contributed by atoms with Crippen molar-refractivity contribution in [1.29, 1.82) is 0 Å². The standard InChI is InChI=1S/C26H24F3N5O2S/c1-17-5-2-3-14-34(17)37(35,36)20-10-8-19(9-11-20)33-25-21-12-7-18(15-23(21)31-16-32-25)24-22(26(27,28)29)6-4-13-30-24/h4,6-13,15-17H,2-3,5,14H2,1H3,(H,31,32,33). The van der Waals surface area contributed by atoms with Gasteiger partial charge in [0.15, 0.2) is 0 Å². The third kappa shape index (κ3) is 5.01. The Morgan fingerprint density at radius 2 is 1.78 bits per heavy atom. The molecule has 1 saturated heterocycles. The van der Waals surface area contributed by atoms with Gasteiger partial charge in [-0.2, -0.15) is 17.5 Å². The van der Waals surface area contributed by atoms with E-state index in [9.17, 15) is 21.6 Å². The Labute approximate surface area is 212 Å². The zero-order valence-corrected chi connectivity index (χ0v) is 20.7. The molecule has 1 aliphatic rings. The summed E-state index contributed by atoms with van der Waals surface area (Å²) in [6, 6.07) is 13.4. The molecule has 1 fully saturated rings. The fraction of sp³-hybridized carbons (Fsp3) is 0.269. The lowest BCUT2D eigenvalue weighted by atomic mass is 10.0. The lowest BCUT2D eigenvalue weighted by Crippen LogP contribution is -2.41. The normalized spacial score (nSPS) is 17.1. The number of anilines is 2. The number of aromatic nitrogens is 3. The van der Waals surface area contributed by atoms with Crippen molar-refractivity contribution in [1.82, 2.24) is 19.3 Å². The molecule has 0 amide bonds. The van der Waals surface area contributed by atoms with Crippen molar-refractivity contribution in [3.63, 3.8) is 0 Å². The lowest BCUT2D eigenvalue weighted by Gasteiger charge is -2.32. The molecule has 7 nitrogen and oxygen atoms in total. The SMILES string of the molecule is CC1CCCCN1S(=O)(=O)c1ccc(Nc2ncnc3cc(-c4ncccc4C(F)(F)F)ccc23)cc1. The van der Waals surface area contributed by atoms with Crippen LogP contribution in [0.15, 0.2) is 72.0 Å². The summed E-state index contributed by atoms with van der Waals surface area (Å²) in [7, 11) is -3.59. The predicted molar refractivity (Wildman–Crippen MR) is 135 cm³/mol. The number of nitrogens with one attached hydrogen (secondary N) is 1. The monoisotopic (exact) mass is 527 g/mol. The number of rotatable bonds is 5. The van der Waals surface area contributed by atoms with E-state index in [2.05, 4.69) is 20.3 Å². The fourth-order valence-corrected chi connectivity index (χ4v) is 6.28. The maximum absolute atomic E-state index is 13.5. The van der Waals surface area contributed by atoms with E-state index < -0.39 is 21.8 Å². The minimum atomic E-state index is -4.54. The van der Waals surface area contributed by atoms with Gasteiger partial charge in [-0.3, -0.25) is 4.98 Å². The number of halogens is 3. The molecule has 11 heteroatoms. The summed E-state index contributed by atoms with van der Waals surface area (Å²) in [5.74, 6) is 0.439. The number of pyridine rings is 1. The van der Waals surface area contributed by atoms with E-state index >= 15 is 0 Å². The molecule has 2 aromatic carbocycles. The van der Waals surface area contributed by atoms with Gasteiger partial charge in [0.25, 0.3) is 0 Å². The highest BCUT2D eigenvalue weighted by atomic mass is 32.2. The van der Waals surface area contributed by atoms with Gasteiger partial charge in [-0.05, 0) is 68.3 Å². The van der Waals surface area contributed by atoms with Crippen LogP contribution in [0.5, 0.6) is 0 Å². The third-order valence-corrected chi connectivity index (χ3v) is 8.52. The van der Waals surface area contributed by atoms with Gasteiger partial charge in [0.1, 0.15) is 12.1 Å². The smallest absolute Gasteiger partial charge is 0.340 e. The second-order valence-electron chi connectivity index (χ2n) is 8.96. The molecule has 1 atom stereocenters. The summed E-state index contributed by atoms with van der Waals surface area (Å²) in [5, 5.41) is 3.75. The Kier molecular flexibility index (Phi) is 6.59. The molecular weight excluding hydrogens is 503 g/mol. The molecule has 192 valence electrons. The van der Waals surface area contributed by atoms with Gasteiger partial charge in [0, 0.05) is 35.4 Å². The van der Waals surface area contributed by atoms with Gasteiger partial charge in [0.2, 0.25) is 10.0 Å². The molecule has 0 radical (unpaired) electrons. The van der Waals surface area contributed by atoms with E-state index in [0.717, 1.165) is 25.3 Å². The van der Waals surface area contributed by atoms with Crippen molar-refractivity contribution in [2.75, 3.05) is 11.9 Å². The van der Waals surface area contributed by atoms with Crippen LogP contribution in [0.3, 0.4) is 0 Å². The molecule has 2 aromatic heterocycles. The average Bonchev–Trinajstić information content (AvgIpc) is 2.88. The van der Waals surface area contributed by atoms with Crippen molar-refractivity contribution in [2.24, 2.45) is 0 Å². The maximum Gasteiger partial charge on any atom is 0.418 e. The first-order valence-electron chi connectivity index (χ1n) is 11.8. The van der Waals surface area contributed by atoms with Crippen LogP contribution in [-0.2, 0) is 16.2 Å². The number of sulfonamides is 1.